The number of nitrogens with two attached hydrogens (primary N) is 1. The number of alkyl halides is 3. The molecule has 37 heavy (non-hydrogen) atoms. The molecule has 0 saturated heterocycles. The van der Waals surface area contributed by atoms with Crippen LogP contribution in [-0.2, 0) is 6.18 Å². The van der Waals surface area contributed by atoms with Crippen molar-refractivity contribution in [2.75, 3.05) is 11.1 Å². The van der Waals surface area contributed by atoms with Crippen molar-refractivity contribution in [3.8, 4) is 17.6 Å². The number of halogens is 4. The number of carbonyl (C=O) groups is 1. The van der Waals surface area contributed by atoms with Gasteiger partial charge in [-0.1, -0.05) is 12.1 Å². The number of carbonyl (C=O) groups excluding carboxylic acids is 1. The van der Waals surface area contributed by atoms with Crippen molar-refractivity contribution in [3.63, 3.8) is 0 Å². The summed E-state index contributed by atoms with van der Waals surface area (Å²) in [6, 6.07) is 6.83. The summed E-state index contributed by atoms with van der Waals surface area (Å²) in [5, 5.41) is 23.0. The zero-order valence-electron chi connectivity index (χ0n) is 18.3. The summed E-state index contributed by atoms with van der Waals surface area (Å²) < 4.78 is 57.4. The lowest BCUT2D eigenvalue weighted by atomic mass is 10.1. The highest BCUT2D eigenvalue weighted by Gasteiger charge is 2.41. The third-order valence-electron chi connectivity index (χ3n) is 5.24. The van der Waals surface area contributed by atoms with E-state index >= 15 is 0 Å². The highest BCUT2D eigenvalue weighted by atomic mass is 19.4. The monoisotopic (exact) mass is 508 g/mol. The summed E-state index contributed by atoms with van der Waals surface area (Å²) in [7, 11) is 0. The Kier molecular flexibility index (Phi) is 5.48. The Morgan fingerprint density at radius 3 is 2.54 bits per heavy atom. The minimum atomic E-state index is -5.05. The van der Waals surface area contributed by atoms with E-state index < -0.39 is 29.2 Å². The van der Waals surface area contributed by atoms with E-state index in [1.165, 1.54) is 30.6 Å². The van der Waals surface area contributed by atoms with Gasteiger partial charge in [0.25, 0.3) is 5.91 Å². The number of rotatable bonds is 4. The van der Waals surface area contributed by atoms with Gasteiger partial charge >= 0.3 is 6.18 Å². The van der Waals surface area contributed by atoms with E-state index in [-0.39, 0.29) is 39.3 Å². The molecule has 0 saturated carbocycles. The fourth-order valence-corrected chi connectivity index (χ4v) is 3.69. The van der Waals surface area contributed by atoms with Gasteiger partial charge in [-0.2, -0.15) is 33.7 Å². The standard InChI is InChI=1S/C22H12F4N10O/c23-15-3-1-2-13-16(10-29-19(28)17(13)15)35-18(22(24,25)26)14(9-33-35)21(37)34-12-6-11(7-27)20(30-8-12)36-31-4-5-32-36/h1-6,8-10H,(H2,28,29)(H,34,37). The molecule has 11 nitrogen and oxygen atoms in total. The Morgan fingerprint density at radius 1 is 1.08 bits per heavy atom. The van der Waals surface area contributed by atoms with Crippen LogP contribution in [0, 0.1) is 17.1 Å². The minimum Gasteiger partial charge on any atom is -0.383 e. The molecule has 0 radical (unpaired) electrons. The molecule has 3 N–H and O–H groups in total. The van der Waals surface area contributed by atoms with Gasteiger partial charge < -0.3 is 11.1 Å². The fourth-order valence-electron chi connectivity index (χ4n) is 3.69. The average molecular weight is 508 g/mol. The van der Waals surface area contributed by atoms with Crippen LogP contribution in [0.2, 0.25) is 0 Å². The van der Waals surface area contributed by atoms with Gasteiger partial charge in [0.05, 0.1) is 53.3 Å². The number of anilines is 2. The van der Waals surface area contributed by atoms with Gasteiger partial charge in [0.15, 0.2) is 11.5 Å². The van der Waals surface area contributed by atoms with Crippen LogP contribution in [-0.4, -0.2) is 40.6 Å². The predicted molar refractivity (Wildman–Crippen MR) is 120 cm³/mol. The number of nitrogen functional groups attached to an aromatic ring is 1. The van der Waals surface area contributed by atoms with E-state index in [0.717, 1.165) is 29.5 Å². The molecule has 1 amide bonds. The molecule has 15 heteroatoms. The minimum absolute atomic E-state index is 0.0127. The van der Waals surface area contributed by atoms with Gasteiger partial charge in [-0.05, 0) is 12.1 Å². The van der Waals surface area contributed by atoms with Crippen molar-refractivity contribution in [1.29, 1.82) is 5.26 Å². The number of pyridine rings is 2. The second kappa shape index (κ2) is 8.68. The number of nitrogens with zero attached hydrogens (tertiary/aromatic N) is 8. The maximum atomic E-state index is 14.4. The number of nitrogens with one attached hydrogen (secondary N) is 1. The number of benzene rings is 1. The second-order valence-electron chi connectivity index (χ2n) is 7.49. The van der Waals surface area contributed by atoms with Crippen molar-refractivity contribution in [3.05, 3.63) is 77.9 Å². The van der Waals surface area contributed by atoms with E-state index in [9.17, 15) is 27.6 Å². The van der Waals surface area contributed by atoms with Crippen LogP contribution in [0.4, 0.5) is 29.1 Å². The first-order chi connectivity index (χ1) is 17.7. The lowest BCUT2D eigenvalue weighted by Crippen LogP contribution is -2.21. The van der Waals surface area contributed by atoms with Crippen molar-refractivity contribution in [2.24, 2.45) is 0 Å². The van der Waals surface area contributed by atoms with Crippen LogP contribution in [0.3, 0.4) is 0 Å². The number of hydrogen-bond acceptors (Lipinski definition) is 8. The average Bonchev–Trinajstić information content (AvgIpc) is 3.55. The molecule has 1 aromatic carbocycles. The summed E-state index contributed by atoms with van der Waals surface area (Å²) in [4.78, 5) is 21.8. The van der Waals surface area contributed by atoms with Crippen molar-refractivity contribution >= 4 is 28.2 Å². The first kappa shape index (κ1) is 23.4. The zero-order valence-corrected chi connectivity index (χ0v) is 18.3. The van der Waals surface area contributed by atoms with Crippen LogP contribution in [0.25, 0.3) is 22.3 Å². The smallest absolute Gasteiger partial charge is 0.383 e. The Bertz CT molecular complexity index is 1700. The largest absolute Gasteiger partial charge is 0.434 e. The van der Waals surface area contributed by atoms with Gasteiger partial charge in [-0.25, -0.2) is 19.0 Å². The summed E-state index contributed by atoms with van der Waals surface area (Å²) in [5.41, 5.74) is 3.14. The van der Waals surface area contributed by atoms with E-state index in [4.69, 9.17) is 5.73 Å². The molecule has 0 unspecified atom stereocenters. The lowest BCUT2D eigenvalue weighted by Gasteiger charge is -2.15. The molecule has 184 valence electrons. The van der Waals surface area contributed by atoms with Crippen molar-refractivity contribution in [2.45, 2.75) is 6.18 Å². The first-order valence-corrected chi connectivity index (χ1v) is 10.3. The number of nitriles is 1. The normalized spacial score (nSPS) is 11.4. The van der Waals surface area contributed by atoms with E-state index in [1.54, 1.807) is 0 Å². The molecule has 0 aliphatic heterocycles. The predicted octanol–water partition coefficient (Wildman–Crippen LogP) is 3.26. The Hall–Kier alpha value is -5.39. The van der Waals surface area contributed by atoms with Gasteiger partial charge in [0, 0.05) is 5.39 Å². The Balaban J connectivity index is 1.57. The molecule has 4 heterocycles. The van der Waals surface area contributed by atoms with Gasteiger partial charge in [0.2, 0.25) is 0 Å². The molecule has 4 aromatic heterocycles. The molecule has 0 fully saturated rings. The fraction of sp³-hybridized carbons (Fsp3) is 0.0455. The number of aromatic nitrogens is 7. The first-order valence-electron chi connectivity index (χ1n) is 10.3. The second-order valence-corrected chi connectivity index (χ2v) is 7.49. The number of amides is 1. The van der Waals surface area contributed by atoms with Crippen LogP contribution < -0.4 is 11.1 Å². The molecular formula is C22H12F4N10O. The summed E-state index contributed by atoms with van der Waals surface area (Å²) in [5.74, 6) is -2.11. The molecule has 0 atom stereocenters. The maximum absolute atomic E-state index is 14.4. The van der Waals surface area contributed by atoms with Crippen LogP contribution >= 0.6 is 0 Å². The highest BCUT2D eigenvalue weighted by Crippen LogP contribution is 2.36. The number of hydrogen-bond donors (Lipinski definition) is 2. The molecule has 5 aromatic rings. The molecule has 0 spiro atoms. The molecule has 0 bridgehead atoms. The zero-order chi connectivity index (χ0) is 26.3. The molecule has 0 aliphatic rings. The Morgan fingerprint density at radius 2 is 1.84 bits per heavy atom. The lowest BCUT2D eigenvalue weighted by molar-refractivity contribution is -0.143. The molecule has 0 aliphatic carbocycles. The summed E-state index contributed by atoms with van der Waals surface area (Å²) in [6.45, 7) is 0. The van der Waals surface area contributed by atoms with Gasteiger partial charge in [-0.15, -0.1) is 4.80 Å². The summed E-state index contributed by atoms with van der Waals surface area (Å²) >= 11 is 0. The topological polar surface area (TPSA) is 153 Å². The van der Waals surface area contributed by atoms with Gasteiger partial charge in [0.1, 0.15) is 23.3 Å². The van der Waals surface area contributed by atoms with Crippen molar-refractivity contribution < 1.29 is 22.4 Å². The Labute approximate surface area is 203 Å². The van der Waals surface area contributed by atoms with Crippen LogP contribution in [0.5, 0.6) is 0 Å². The number of fused-ring (bicyclic) bond motifs is 1. The van der Waals surface area contributed by atoms with Crippen molar-refractivity contribution in [1.82, 2.24) is 34.7 Å². The molecular weight excluding hydrogens is 496 g/mol. The van der Waals surface area contributed by atoms with E-state index in [0.29, 0.717) is 4.68 Å². The van der Waals surface area contributed by atoms with Crippen LogP contribution in [0.15, 0.2) is 55.2 Å². The van der Waals surface area contributed by atoms with E-state index in [2.05, 4.69) is 30.6 Å². The van der Waals surface area contributed by atoms with Gasteiger partial charge in [-0.3, -0.25) is 4.79 Å². The quantitative estimate of drug-likeness (QED) is 0.351. The summed E-state index contributed by atoms with van der Waals surface area (Å²) in [6.07, 6.45) is 0.545. The third kappa shape index (κ3) is 4.05. The third-order valence-corrected chi connectivity index (χ3v) is 5.24. The molecule has 5 rings (SSSR count). The SMILES string of the molecule is N#Cc1cc(NC(=O)c2cnn(-c3cnc(N)c4c(F)cccc34)c2C(F)(F)F)cnc1-n1nccn1. The maximum Gasteiger partial charge on any atom is 0.434 e. The van der Waals surface area contributed by atoms with E-state index in [1.807, 2.05) is 6.07 Å². The highest BCUT2D eigenvalue weighted by molar-refractivity contribution is 6.05. The van der Waals surface area contributed by atoms with Crippen LogP contribution in [0.1, 0.15) is 21.6 Å².